The molecule has 0 N–H and O–H groups in total. The molecule has 0 heterocycles. The lowest BCUT2D eigenvalue weighted by Gasteiger charge is -2.04. The Hall–Kier alpha value is -1.49. The molecule has 3 nitrogen and oxygen atoms in total. The standard InChI is InChI=1S/C18H14BrCl2NO2/c1-2-22-16-8-6-11(19)10-13(18(16)24)17(23)9-7-12-14(20)4-3-5-15(12)21/h3-7,9-10H,2,8H2,1H3/b9-7+,22-16?. The minimum atomic E-state index is -0.424. The average Bonchev–Trinajstić information content (AvgIpc) is 2.68. The van der Waals surface area contributed by atoms with Gasteiger partial charge in [-0.2, -0.15) is 0 Å². The number of Topliss-reactive ketones (excluding diaryl/α,β-unsaturated/α-hetero) is 1. The van der Waals surface area contributed by atoms with Gasteiger partial charge in [0.15, 0.2) is 5.78 Å². The topological polar surface area (TPSA) is 46.5 Å². The van der Waals surface area contributed by atoms with Gasteiger partial charge >= 0.3 is 0 Å². The van der Waals surface area contributed by atoms with Crippen LogP contribution in [0.3, 0.4) is 0 Å². The molecule has 24 heavy (non-hydrogen) atoms. The van der Waals surface area contributed by atoms with E-state index in [-0.39, 0.29) is 11.4 Å². The van der Waals surface area contributed by atoms with E-state index in [1.807, 2.05) is 6.92 Å². The van der Waals surface area contributed by atoms with Crippen LogP contribution in [0.25, 0.3) is 6.08 Å². The summed E-state index contributed by atoms with van der Waals surface area (Å²) in [6.07, 6.45) is 6.52. The van der Waals surface area contributed by atoms with Gasteiger partial charge < -0.3 is 0 Å². The first-order chi connectivity index (χ1) is 11.4. The zero-order chi connectivity index (χ0) is 17.7. The maximum atomic E-state index is 12.5. The molecule has 124 valence electrons. The second-order valence-electron chi connectivity index (χ2n) is 4.93. The minimum Gasteiger partial charge on any atom is -0.289 e. The van der Waals surface area contributed by atoms with Crippen LogP contribution in [0.4, 0.5) is 0 Å². The fourth-order valence-corrected chi connectivity index (χ4v) is 3.05. The van der Waals surface area contributed by atoms with E-state index in [1.54, 1.807) is 24.3 Å². The number of nitrogens with zero attached hydrogens (tertiary/aromatic N) is 1. The van der Waals surface area contributed by atoms with Crippen LogP contribution >= 0.6 is 39.1 Å². The smallest absolute Gasteiger partial charge is 0.211 e. The maximum Gasteiger partial charge on any atom is 0.211 e. The summed E-state index contributed by atoms with van der Waals surface area (Å²) in [6, 6.07) is 5.08. The van der Waals surface area contributed by atoms with Gasteiger partial charge in [0.05, 0.1) is 11.3 Å². The highest BCUT2D eigenvalue weighted by molar-refractivity contribution is 9.11. The lowest BCUT2D eigenvalue weighted by Crippen LogP contribution is -2.20. The highest BCUT2D eigenvalue weighted by Crippen LogP contribution is 2.26. The van der Waals surface area contributed by atoms with Crippen molar-refractivity contribution in [1.82, 2.24) is 0 Å². The Morgan fingerprint density at radius 1 is 1.33 bits per heavy atom. The number of halogens is 3. The SMILES string of the molecule is CCN=C1CC=C(Br)C=C(C(=O)/C=C/c2c(Cl)cccc2Cl)C1=O. The van der Waals surface area contributed by atoms with E-state index in [2.05, 4.69) is 20.9 Å². The molecule has 1 aliphatic rings. The molecular formula is C18H14BrCl2NO2. The highest BCUT2D eigenvalue weighted by atomic mass is 79.9. The molecule has 0 amide bonds. The van der Waals surface area contributed by atoms with E-state index in [1.165, 1.54) is 18.2 Å². The summed E-state index contributed by atoms with van der Waals surface area (Å²) < 4.78 is 0.671. The van der Waals surface area contributed by atoms with Crippen LogP contribution < -0.4 is 0 Å². The zero-order valence-electron chi connectivity index (χ0n) is 12.9. The van der Waals surface area contributed by atoms with Crippen LogP contribution in [0.2, 0.25) is 10.0 Å². The quantitative estimate of drug-likeness (QED) is 0.489. The molecule has 0 saturated carbocycles. The Morgan fingerprint density at radius 3 is 2.62 bits per heavy atom. The summed E-state index contributed by atoms with van der Waals surface area (Å²) in [7, 11) is 0. The lowest BCUT2D eigenvalue weighted by atomic mass is 10.0. The predicted octanol–water partition coefficient (Wildman–Crippen LogP) is 5.21. The van der Waals surface area contributed by atoms with Crippen LogP contribution in [0.1, 0.15) is 18.9 Å². The van der Waals surface area contributed by atoms with Crippen LogP contribution in [-0.4, -0.2) is 23.8 Å². The van der Waals surface area contributed by atoms with E-state index in [9.17, 15) is 9.59 Å². The summed E-state index contributed by atoms with van der Waals surface area (Å²) in [5, 5.41) is 0.865. The highest BCUT2D eigenvalue weighted by Gasteiger charge is 2.23. The summed E-state index contributed by atoms with van der Waals surface area (Å²) in [5.74, 6) is -0.783. The molecule has 0 fully saturated rings. The molecule has 1 aliphatic carbocycles. The van der Waals surface area contributed by atoms with Crippen LogP contribution in [0.15, 0.2) is 51.5 Å². The monoisotopic (exact) mass is 425 g/mol. The molecule has 0 saturated heterocycles. The number of carbonyl (C=O) groups excluding carboxylic acids is 2. The van der Waals surface area contributed by atoms with Gasteiger partial charge in [0.1, 0.15) is 0 Å². The van der Waals surface area contributed by atoms with Crippen LogP contribution in [0, 0.1) is 0 Å². The van der Waals surface area contributed by atoms with E-state index >= 15 is 0 Å². The summed E-state index contributed by atoms with van der Waals surface area (Å²) in [6.45, 7) is 2.33. The fourth-order valence-electron chi connectivity index (χ4n) is 2.13. The Morgan fingerprint density at radius 2 is 2.00 bits per heavy atom. The van der Waals surface area contributed by atoms with Crippen molar-refractivity contribution in [3.63, 3.8) is 0 Å². The second kappa shape index (κ2) is 8.56. The van der Waals surface area contributed by atoms with Crippen LogP contribution in [-0.2, 0) is 9.59 Å². The third kappa shape index (κ3) is 4.53. The molecule has 0 radical (unpaired) electrons. The number of aliphatic imine (C=N–C) groups is 1. The van der Waals surface area contributed by atoms with Gasteiger partial charge in [0.2, 0.25) is 5.78 Å². The molecule has 0 bridgehead atoms. The van der Waals surface area contributed by atoms with Gasteiger partial charge in [-0.25, -0.2) is 0 Å². The fraction of sp³-hybridized carbons (Fsp3) is 0.167. The Bertz CT molecular complexity index is 787. The number of ketones is 2. The van der Waals surface area contributed by atoms with Gasteiger partial charge in [-0.05, 0) is 37.3 Å². The number of hydrogen-bond acceptors (Lipinski definition) is 3. The molecule has 0 aliphatic heterocycles. The van der Waals surface area contributed by atoms with Crippen molar-refractivity contribution in [1.29, 1.82) is 0 Å². The first-order valence-electron chi connectivity index (χ1n) is 7.25. The molecule has 2 rings (SSSR count). The van der Waals surface area contributed by atoms with Gasteiger partial charge in [-0.3, -0.25) is 14.6 Å². The third-order valence-corrected chi connectivity index (χ3v) is 4.51. The molecule has 0 unspecified atom stereocenters. The third-order valence-electron chi connectivity index (χ3n) is 3.29. The number of benzene rings is 1. The molecule has 6 heteroatoms. The number of hydrogen-bond donors (Lipinski definition) is 0. The number of carbonyl (C=O) groups is 2. The van der Waals surface area contributed by atoms with Crippen molar-refractivity contribution in [2.75, 3.05) is 6.54 Å². The van der Waals surface area contributed by atoms with Crippen molar-refractivity contribution in [2.24, 2.45) is 4.99 Å². The Kier molecular flexibility index (Phi) is 6.72. The molecular weight excluding hydrogens is 413 g/mol. The maximum absolute atomic E-state index is 12.5. The van der Waals surface area contributed by atoms with Crippen molar-refractivity contribution >= 4 is 62.5 Å². The van der Waals surface area contributed by atoms with Gasteiger partial charge in [0, 0.05) is 33.1 Å². The molecule has 1 aromatic rings. The van der Waals surface area contributed by atoms with Crippen molar-refractivity contribution < 1.29 is 9.59 Å². The minimum absolute atomic E-state index is 0.0576. The first kappa shape index (κ1) is 18.8. The lowest BCUT2D eigenvalue weighted by molar-refractivity contribution is -0.116. The zero-order valence-corrected chi connectivity index (χ0v) is 16.0. The number of allylic oxidation sites excluding steroid dienone is 5. The average molecular weight is 427 g/mol. The Labute approximate surface area is 158 Å². The van der Waals surface area contributed by atoms with E-state index in [0.717, 1.165) is 0 Å². The summed E-state index contributed by atoms with van der Waals surface area (Å²) >= 11 is 15.5. The van der Waals surface area contributed by atoms with Crippen molar-refractivity contribution in [3.05, 3.63) is 62.1 Å². The second-order valence-corrected chi connectivity index (χ2v) is 6.66. The molecule has 0 atom stereocenters. The van der Waals surface area contributed by atoms with Crippen LogP contribution in [0.5, 0.6) is 0 Å². The van der Waals surface area contributed by atoms with E-state index in [0.29, 0.717) is 38.8 Å². The van der Waals surface area contributed by atoms with Gasteiger partial charge in [-0.1, -0.05) is 51.3 Å². The predicted molar refractivity (Wildman–Crippen MR) is 103 cm³/mol. The van der Waals surface area contributed by atoms with Gasteiger partial charge in [-0.15, -0.1) is 0 Å². The van der Waals surface area contributed by atoms with Crippen molar-refractivity contribution in [3.8, 4) is 0 Å². The normalized spacial score (nSPS) is 17.0. The van der Waals surface area contributed by atoms with E-state index < -0.39 is 5.78 Å². The largest absolute Gasteiger partial charge is 0.289 e. The van der Waals surface area contributed by atoms with E-state index in [4.69, 9.17) is 23.2 Å². The summed E-state index contributed by atoms with van der Waals surface area (Å²) in [5.41, 5.74) is 0.964. The van der Waals surface area contributed by atoms with Gasteiger partial charge in [0.25, 0.3) is 0 Å². The Balaban J connectivity index is 2.34. The number of rotatable bonds is 4. The molecule has 0 aromatic heterocycles. The molecule has 1 aromatic carbocycles. The summed E-state index contributed by atoms with van der Waals surface area (Å²) in [4.78, 5) is 29.2. The molecule has 0 spiro atoms. The van der Waals surface area contributed by atoms with Crippen molar-refractivity contribution in [2.45, 2.75) is 13.3 Å². The first-order valence-corrected chi connectivity index (χ1v) is 8.80.